The van der Waals surface area contributed by atoms with Crippen molar-refractivity contribution >= 4 is 58.0 Å². The van der Waals surface area contributed by atoms with Gasteiger partial charge in [0.1, 0.15) is 0 Å². The van der Waals surface area contributed by atoms with Gasteiger partial charge in [-0.25, -0.2) is 0 Å². The first-order valence-corrected chi connectivity index (χ1v) is 15.8. The van der Waals surface area contributed by atoms with Gasteiger partial charge in [-0.1, -0.05) is 62.5 Å². The molecule has 44 heavy (non-hydrogen) atoms. The number of ketones is 2. The van der Waals surface area contributed by atoms with E-state index in [0.29, 0.717) is 57.6 Å². The molecule has 0 radical (unpaired) electrons. The molecule has 5 rings (SSSR count). The van der Waals surface area contributed by atoms with Gasteiger partial charge in [-0.3, -0.25) is 14.4 Å². The van der Waals surface area contributed by atoms with Crippen LogP contribution in [0, 0.1) is 10.8 Å². The summed E-state index contributed by atoms with van der Waals surface area (Å²) in [6.07, 6.45) is 2.23. The lowest BCUT2D eigenvalue weighted by atomic mass is 9.63. The molecule has 1 amide bonds. The number of allylic oxidation sites excluding steroid dienone is 4. The fourth-order valence-electron chi connectivity index (χ4n) is 6.72. The molecule has 1 aliphatic heterocycles. The summed E-state index contributed by atoms with van der Waals surface area (Å²) >= 11 is 18.8. The van der Waals surface area contributed by atoms with Crippen molar-refractivity contribution in [3.8, 4) is 11.5 Å². The second kappa shape index (κ2) is 12.1. The average Bonchev–Trinajstić information content (AvgIpc) is 2.91. The van der Waals surface area contributed by atoms with Gasteiger partial charge < -0.3 is 19.7 Å². The number of rotatable bonds is 7. The molecule has 1 heterocycles. The third-order valence-electron chi connectivity index (χ3n) is 8.47. The van der Waals surface area contributed by atoms with Crippen molar-refractivity contribution in [2.75, 3.05) is 25.6 Å². The first-order valence-electron chi connectivity index (χ1n) is 14.7. The molecule has 10 heteroatoms. The molecule has 2 aromatic carbocycles. The standard InChI is InChI=1S/C34H37Cl3N2O5/c1-7-39-23-13-33(2,3)15-25(40)30(23)29(31-24(39)14-34(4,5)16-26(31)41)18-10-22(37)32(27(11-18)43-6)44-17-28(42)38-19-8-9-20(35)21(36)12-19/h8-12,29H,7,13-17H2,1-6H3,(H,38,42). The second-order valence-corrected chi connectivity index (χ2v) is 14.5. The molecule has 0 fully saturated rings. The van der Waals surface area contributed by atoms with E-state index in [4.69, 9.17) is 44.3 Å². The van der Waals surface area contributed by atoms with Gasteiger partial charge in [0.2, 0.25) is 0 Å². The predicted molar refractivity (Wildman–Crippen MR) is 174 cm³/mol. The number of amides is 1. The number of anilines is 1. The van der Waals surface area contributed by atoms with E-state index in [0.717, 1.165) is 24.2 Å². The number of methoxy groups -OCH3 is 1. The Labute approximate surface area is 273 Å². The minimum atomic E-state index is -0.576. The van der Waals surface area contributed by atoms with Gasteiger partial charge in [-0.15, -0.1) is 0 Å². The number of ether oxygens (including phenoxy) is 2. The molecular weight excluding hydrogens is 623 g/mol. The number of hydrogen-bond donors (Lipinski definition) is 1. The first-order chi connectivity index (χ1) is 20.6. The zero-order valence-corrected chi connectivity index (χ0v) is 28.1. The van der Waals surface area contributed by atoms with Gasteiger partial charge in [0.25, 0.3) is 5.91 Å². The second-order valence-electron chi connectivity index (χ2n) is 13.3. The van der Waals surface area contributed by atoms with E-state index in [1.807, 2.05) is 0 Å². The quantitative estimate of drug-likeness (QED) is 0.322. The fourth-order valence-corrected chi connectivity index (χ4v) is 7.29. The topological polar surface area (TPSA) is 84.9 Å². The SMILES string of the molecule is CCN1C2=C(C(=O)CC(C)(C)C2)C(c2cc(Cl)c(OCC(=O)Nc3ccc(Cl)c(Cl)c3)c(OC)c2)C2=C1CC(C)(C)CC2=O. The molecule has 2 aliphatic carbocycles. The molecule has 1 N–H and O–H groups in total. The Morgan fingerprint density at radius 3 is 2.00 bits per heavy atom. The molecule has 0 spiro atoms. The summed E-state index contributed by atoms with van der Waals surface area (Å²) in [6, 6.07) is 8.24. The maximum atomic E-state index is 13.9. The highest BCUT2D eigenvalue weighted by atomic mass is 35.5. The Hall–Kier alpha value is -3.00. The van der Waals surface area contributed by atoms with Crippen LogP contribution in [0.4, 0.5) is 5.69 Å². The van der Waals surface area contributed by atoms with E-state index in [-0.39, 0.29) is 39.8 Å². The van der Waals surface area contributed by atoms with Crippen LogP contribution in [0.2, 0.25) is 15.1 Å². The Kier molecular flexibility index (Phi) is 8.89. The van der Waals surface area contributed by atoms with Crippen LogP contribution >= 0.6 is 34.8 Å². The summed E-state index contributed by atoms with van der Waals surface area (Å²) < 4.78 is 11.5. The normalized spacial score (nSPS) is 19.5. The van der Waals surface area contributed by atoms with Crippen LogP contribution < -0.4 is 14.8 Å². The zero-order chi connectivity index (χ0) is 32.1. The molecule has 7 nitrogen and oxygen atoms in total. The largest absolute Gasteiger partial charge is 0.493 e. The van der Waals surface area contributed by atoms with Crippen molar-refractivity contribution in [2.45, 2.75) is 66.2 Å². The van der Waals surface area contributed by atoms with Gasteiger partial charge in [0.05, 0.1) is 22.2 Å². The summed E-state index contributed by atoms with van der Waals surface area (Å²) in [5.41, 5.74) is 4.02. The molecule has 2 aromatic rings. The maximum absolute atomic E-state index is 13.9. The van der Waals surface area contributed by atoms with Crippen molar-refractivity contribution in [1.82, 2.24) is 4.90 Å². The number of carbonyl (C=O) groups excluding carboxylic acids is 3. The number of halogens is 3. The van der Waals surface area contributed by atoms with Crippen molar-refractivity contribution in [3.05, 3.63) is 73.5 Å². The van der Waals surface area contributed by atoms with Gasteiger partial charge >= 0.3 is 0 Å². The van der Waals surface area contributed by atoms with Crippen molar-refractivity contribution in [2.24, 2.45) is 10.8 Å². The number of nitrogens with one attached hydrogen (secondary N) is 1. The minimum Gasteiger partial charge on any atom is -0.493 e. The molecule has 234 valence electrons. The monoisotopic (exact) mass is 658 g/mol. The lowest BCUT2D eigenvalue weighted by Gasteiger charge is -2.49. The van der Waals surface area contributed by atoms with Gasteiger partial charge in [-0.05, 0) is 66.5 Å². The Bertz CT molecular complexity index is 1570. The molecule has 3 aliphatic rings. The summed E-state index contributed by atoms with van der Waals surface area (Å²) in [5, 5.41) is 3.60. The molecule has 0 unspecified atom stereocenters. The molecule has 0 saturated heterocycles. The highest BCUT2D eigenvalue weighted by Gasteiger charge is 2.48. The van der Waals surface area contributed by atoms with Crippen LogP contribution in [0.1, 0.15) is 71.8 Å². The highest BCUT2D eigenvalue weighted by molar-refractivity contribution is 6.42. The van der Waals surface area contributed by atoms with Crippen LogP contribution in [0.3, 0.4) is 0 Å². The summed E-state index contributed by atoms with van der Waals surface area (Å²) in [6.45, 7) is 10.8. The van der Waals surface area contributed by atoms with E-state index in [1.54, 1.807) is 30.3 Å². The number of Topliss-reactive ketones (excluding diaryl/α,β-unsaturated/α-hetero) is 2. The van der Waals surface area contributed by atoms with Crippen molar-refractivity contribution in [3.63, 3.8) is 0 Å². The summed E-state index contributed by atoms with van der Waals surface area (Å²) in [4.78, 5) is 42.7. The highest BCUT2D eigenvalue weighted by Crippen LogP contribution is 2.55. The number of benzene rings is 2. The van der Waals surface area contributed by atoms with Crippen LogP contribution in [0.25, 0.3) is 0 Å². The van der Waals surface area contributed by atoms with Crippen LogP contribution in [-0.2, 0) is 14.4 Å². The van der Waals surface area contributed by atoms with E-state index < -0.39 is 11.8 Å². The van der Waals surface area contributed by atoms with Crippen LogP contribution in [0.5, 0.6) is 11.5 Å². The fraction of sp³-hybridized carbons (Fsp3) is 0.441. The summed E-state index contributed by atoms with van der Waals surface area (Å²) in [5.74, 6) is -0.453. The molecule has 0 bridgehead atoms. The number of hydrogen-bond acceptors (Lipinski definition) is 6. The van der Waals surface area contributed by atoms with E-state index >= 15 is 0 Å². The first kappa shape index (κ1) is 32.4. The Balaban J connectivity index is 1.53. The van der Waals surface area contributed by atoms with Crippen LogP contribution in [-0.4, -0.2) is 42.6 Å². The third-order valence-corrected chi connectivity index (χ3v) is 9.49. The van der Waals surface area contributed by atoms with Gasteiger partial charge in [-0.2, -0.15) is 0 Å². The van der Waals surface area contributed by atoms with Crippen LogP contribution in [0.15, 0.2) is 52.9 Å². The van der Waals surface area contributed by atoms with Crippen molar-refractivity contribution in [1.29, 1.82) is 0 Å². The number of nitrogens with zero attached hydrogens (tertiary/aromatic N) is 1. The summed E-state index contributed by atoms with van der Waals surface area (Å²) in [7, 11) is 1.48. The van der Waals surface area contributed by atoms with E-state index in [9.17, 15) is 14.4 Å². The predicted octanol–water partition coefficient (Wildman–Crippen LogP) is 8.38. The Morgan fingerprint density at radius 2 is 1.48 bits per heavy atom. The van der Waals surface area contributed by atoms with E-state index in [2.05, 4.69) is 44.8 Å². The Morgan fingerprint density at radius 1 is 0.886 bits per heavy atom. The van der Waals surface area contributed by atoms with E-state index in [1.165, 1.54) is 7.11 Å². The number of carbonyl (C=O) groups is 3. The molecule has 0 aromatic heterocycles. The average molecular weight is 660 g/mol. The minimum absolute atomic E-state index is 0.0401. The maximum Gasteiger partial charge on any atom is 0.262 e. The van der Waals surface area contributed by atoms with Gasteiger partial charge in [0.15, 0.2) is 29.7 Å². The molecular formula is C34H37Cl3N2O5. The third kappa shape index (κ3) is 6.24. The molecule has 0 saturated carbocycles. The lowest BCUT2D eigenvalue weighted by Crippen LogP contribution is -2.44. The zero-order valence-electron chi connectivity index (χ0n) is 25.8. The lowest BCUT2D eigenvalue weighted by molar-refractivity contribution is -0.120. The van der Waals surface area contributed by atoms with Gasteiger partial charge in [0, 0.05) is 53.5 Å². The van der Waals surface area contributed by atoms with Crippen molar-refractivity contribution < 1.29 is 23.9 Å². The smallest absolute Gasteiger partial charge is 0.262 e. The molecule has 0 atom stereocenters.